The Labute approximate surface area is 184 Å². The summed E-state index contributed by atoms with van der Waals surface area (Å²) in [5.41, 5.74) is 6.65. The van der Waals surface area contributed by atoms with E-state index in [0.717, 1.165) is 9.60 Å². The van der Waals surface area contributed by atoms with Gasteiger partial charge in [0.15, 0.2) is 0 Å². The molecule has 30 heavy (non-hydrogen) atoms. The molecule has 8 nitrogen and oxygen atoms in total. The van der Waals surface area contributed by atoms with Crippen LogP contribution >= 0.6 is 22.9 Å². The van der Waals surface area contributed by atoms with Crippen LogP contribution in [0.5, 0.6) is 0 Å². The van der Waals surface area contributed by atoms with E-state index in [1.807, 2.05) is 0 Å². The van der Waals surface area contributed by atoms with Gasteiger partial charge in [0.25, 0.3) is 0 Å². The molecule has 0 saturated carbocycles. The number of esters is 1. The molecule has 0 aliphatic rings. The number of imide groups is 1. The predicted octanol–water partition coefficient (Wildman–Crippen LogP) is 3.91. The summed E-state index contributed by atoms with van der Waals surface area (Å²) >= 11 is 7.30. The topological polar surface area (TPSA) is 112 Å². The third-order valence-electron chi connectivity index (χ3n) is 4.32. The van der Waals surface area contributed by atoms with Crippen LogP contribution in [0.15, 0.2) is 18.2 Å². The fourth-order valence-corrected chi connectivity index (χ4v) is 3.87. The lowest BCUT2D eigenvalue weighted by Crippen LogP contribution is -2.51. The van der Waals surface area contributed by atoms with Crippen molar-refractivity contribution in [3.05, 3.63) is 28.2 Å². The minimum atomic E-state index is -1.03. The molecule has 2 amide bonds. The van der Waals surface area contributed by atoms with Gasteiger partial charge in [0.1, 0.15) is 11.0 Å². The molecule has 2 N–H and O–H groups in total. The summed E-state index contributed by atoms with van der Waals surface area (Å²) in [6.07, 6.45) is -1.65. The number of rotatable bonds is 7. The Morgan fingerprint density at radius 1 is 1.23 bits per heavy atom. The van der Waals surface area contributed by atoms with E-state index < -0.39 is 36.2 Å². The SMILES string of the molecule is COC(=O)C[C@@H](c1nc2cc(Cl)ccc2s1)N(C(=O)OC(C)C)C(=O)[C@@H](N)C(C)C. The molecular weight excluding hydrogens is 430 g/mol. The smallest absolute Gasteiger partial charge is 0.417 e. The van der Waals surface area contributed by atoms with E-state index in [0.29, 0.717) is 15.5 Å². The molecule has 0 spiro atoms. The number of amides is 2. The third-order valence-corrected chi connectivity index (χ3v) is 5.70. The first-order valence-corrected chi connectivity index (χ1v) is 10.7. The van der Waals surface area contributed by atoms with Crippen molar-refractivity contribution in [3.8, 4) is 0 Å². The molecule has 0 radical (unpaired) electrons. The van der Waals surface area contributed by atoms with Crippen LogP contribution in [-0.2, 0) is 19.1 Å². The molecule has 2 aromatic rings. The van der Waals surface area contributed by atoms with Gasteiger partial charge in [-0.25, -0.2) is 14.7 Å². The fraction of sp³-hybridized carbons (Fsp3) is 0.500. The van der Waals surface area contributed by atoms with E-state index >= 15 is 0 Å². The fourth-order valence-electron chi connectivity index (χ4n) is 2.67. The number of hydrogen-bond acceptors (Lipinski definition) is 8. The van der Waals surface area contributed by atoms with Crippen LogP contribution in [0, 0.1) is 5.92 Å². The second kappa shape index (κ2) is 10.2. The maximum Gasteiger partial charge on any atom is 0.417 e. The summed E-state index contributed by atoms with van der Waals surface area (Å²) in [5, 5.41) is 0.875. The number of nitrogens with zero attached hydrogens (tertiary/aromatic N) is 2. The summed E-state index contributed by atoms with van der Waals surface area (Å²) in [7, 11) is 1.23. The van der Waals surface area contributed by atoms with Crippen molar-refractivity contribution in [2.24, 2.45) is 11.7 Å². The molecule has 1 heterocycles. The Bertz CT molecular complexity index is 930. The van der Waals surface area contributed by atoms with Gasteiger partial charge < -0.3 is 15.2 Å². The van der Waals surface area contributed by atoms with E-state index in [9.17, 15) is 14.4 Å². The largest absolute Gasteiger partial charge is 0.469 e. The second-order valence-corrected chi connectivity index (χ2v) is 8.87. The number of benzene rings is 1. The molecule has 164 valence electrons. The van der Waals surface area contributed by atoms with Crippen molar-refractivity contribution in [2.45, 2.75) is 52.3 Å². The number of methoxy groups -OCH3 is 1. The molecule has 0 fully saturated rings. The highest BCUT2D eigenvalue weighted by Gasteiger charge is 2.39. The monoisotopic (exact) mass is 455 g/mol. The molecule has 0 saturated heterocycles. The zero-order valence-electron chi connectivity index (χ0n) is 17.5. The summed E-state index contributed by atoms with van der Waals surface area (Å²) < 4.78 is 10.9. The molecule has 0 aliphatic heterocycles. The van der Waals surface area contributed by atoms with Crippen LogP contribution in [0.2, 0.25) is 5.02 Å². The van der Waals surface area contributed by atoms with E-state index in [2.05, 4.69) is 4.98 Å². The number of carbonyl (C=O) groups is 3. The maximum atomic E-state index is 13.2. The third kappa shape index (κ3) is 5.68. The zero-order valence-corrected chi connectivity index (χ0v) is 19.1. The van der Waals surface area contributed by atoms with Crippen LogP contribution < -0.4 is 5.73 Å². The van der Waals surface area contributed by atoms with Gasteiger partial charge in [-0.05, 0) is 38.0 Å². The minimum Gasteiger partial charge on any atom is -0.469 e. The summed E-state index contributed by atoms with van der Waals surface area (Å²) in [5.74, 6) is -1.49. The summed E-state index contributed by atoms with van der Waals surface area (Å²) in [6.45, 7) is 6.86. The van der Waals surface area contributed by atoms with Gasteiger partial charge in [0.2, 0.25) is 5.91 Å². The Balaban J connectivity index is 2.59. The lowest BCUT2D eigenvalue weighted by Gasteiger charge is -2.31. The molecule has 1 aromatic carbocycles. The molecule has 0 bridgehead atoms. The molecule has 2 atom stereocenters. The second-order valence-electron chi connectivity index (χ2n) is 7.37. The van der Waals surface area contributed by atoms with Crippen LogP contribution in [0.25, 0.3) is 10.2 Å². The number of nitrogens with two attached hydrogens (primary N) is 1. The minimum absolute atomic E-state index is 0.236. The standard InChI is InChI=1S/C20H26ClN3O5S/c1-10(2)17(22)19(26)24(20(27)29-11(3)4)14(9-16(25)28-5)18-23-13-8-12(21)6-7-15(13)30-18/h6-8,10-11,14,17H,9,22H2,1-5H3/t14-,17-/m0/s1. The van der Waals surface area contributed by atoms with Crippen molar-refractivity contribution in [2.75, 3.05) is 7.11 Å². The molecule has 2 rings (SSSR count). The van der Waals surface area contributed by atoms with E-state index in [-0.39, 0.29) is 12.3 Å². The number of hydrogen-bond donors (Lipinski definition) is 1. The molecule has 0 unspecified atom stereocenters. The van der Waals surface area contributed by atoms with Gasteiger partial charge in [0, 0.05) is 5.02 Å². The molecule has 1 aromatic heterocycles. The van der Waals surface area contributed by atoms with Crippen molar-refractivity contribution in [1.82, 2.24) is 9.88 Å². The number of thiazole rings is 1. The van der Waals surface area contributed by atoms with Gasteiger partial charge in [-0.3, -0.25) is 9.59 Å². The van der Waals surface area contributed by atoms with Crippen LogP contribution in [-0.4, -0.2) is 47.1 Å². The molecular formula is C20H26ClN3O5S. The number of aromatic nitrogens is 1. The van der Waals surface area contributed by atoms with E-state index in [4.69, 9.17) is 26.8 Å². The Hall–Kier alpha value is -2.23. The summed E-state index contributed by atoms with van der Waals surface area (Å²) in [4.78, 5) is 43.6. The number of halogens is 1. The van der Waals surface area contributed by atoms with Gasteiger partial charge in [-0.15, -0.1) is 11.3 Å². The predicted molar refractivity (Wildman–Crippen MR) is 115 cm³/mol. The number of fused-ring (bicyclic) bond motifs is 1. The van der Waals surface area contributed by atoms with E-state index in [1.165, 1.54) is 18.4 Å². The Kier molecular flexibility index (Phi) is 8.17. The average molecular weight is 456 g/mol. The Morgan fingerprint density at radius 3 is 2.47 bits per heavy atom. The lowest BCUT2D eigenvalue weighted by atomic mass is 10.0. The van der Waals surface area contributed by atoms with Gasteiger partial charge in [0.05, 0.1) is 35.9 Å². The highest BCUT2D eigenvalue weighted by atomic mass is 35.5. The molecule has 10 heteroatoms. The van der Waals surface area contributed by atoms with Crippen LogP contribution in [0.4, 0.5) is 4.79 Å². The number of carbonyl (C=O) groups excluding carboxylic acids is 3. The number of ether oxygens (including phenoxy) is 2. The first-order valence-electron chi connectivity index (χ1n) is 9.47. The quantitative estimate of drug-likeness (QED) is 0.629. The van der Waals surface area contributed by atoms with Crippen molar-refractivity contribution in [1.29, 1.82) is 0 Å². The summed E-state index contributed by atoms with van der Waals surface area (Å²) in [6, 6.07) is 3.17. The highest BCUT2D eigenvalue weighted by Crippen LogP contribution is 2.34. The first-order chi connectivity index (χ1) is 14.0. The van der Waals surface area contributed by atoms with Crippen LogP contribution in [0.3, 0.4) is 0 Å². The first kappa shape index (κ1) is 24.0. The van der Waals surface area contributed by atoms with Gasteiger partial charge in [-0.1, -0.05) is 25.4 Å². The molecule has 0 aliphatic carbocycles. The van der Waals surface area contributed by atoms with Crippen LogP contribution in [0.1, 0.15) is 45.2 Å². The highest BCUT2D eigenvalue weighted by molar-refractivity contribution is 7.18. The zero-order chi connectivity index (χ0) is 22.6. The van der Waals surface area contributed by atoms with Gasteiger partial charge >= 0.3 is 12.1 Å². The van der Waals surface area contributed by atoms with Crippen molar-refractivity contribution in [3.63, 3.8) is 0 Å². The van der Waals surface area contributed by atoms with Crippen molar-refractivity contribution < 1.29 is 23.9 Å². The Morgan fingerprint density at radius 2 is 1.90 bits per heavy atom. The average Bonchev–Trinajstić information content (AvgIpc) is 3.08. The van der Waals surface area contributed by atoms with Crippen molar-refractivity contribution >= 4 is 51.1 Å². The van der Waals surface area contributed by atoms with Gasteiger partial charge in [-0.2, -0.15) is 0 Å². The lowest BCUT2D eigenvalue weighted by molar-refractivity contribution is -0.143. The maximum absolute atomic E-state index is 13.2. The normalized spacial score (nSPS) is 13.4. The van der Waals surface area contributed by atoms with E-state index in [1.54, 1.807) is 45.9 Å².